The van der Waals surface area contributed by atoms with Crippen LogP contribution in [0.2, 0.25) is 0 Å². The molecule has 5 nitrogen and oxygen atoms in total. The van der Waals surface area contributed by atoms with Crippen molar-refractivity contribution >= 4 is 17.8 Å². The molecule has 1 heterocycles. The summed E-state index contributed by atoms with van der Waals surface area (Å²) in [5.41, 5.74) is 3.37. The Labute approximate surface area is 162 Å². The minimum atomic E-state index is 0.480. The summed E-state index contributed by atoms with van der Waals surface area (Å²) in [7, 11) is 4.07. The highest BCUT2D eigenvalue weighted by molar-refractivity contribution is 5.70. The van der Waals surface area contributed by atoms with Gasteiger partial charge in [0.15, 0.2) is 0 Å². The maximum atomic E-state index is 5.58. The molecule has 146 valence electrons. The third kappa shape index (κ3) is 8.24. The van der Waals surface area contributed by atoms with E-state index in [0.717, 1.165) is 24.2 Å². The first-order valence-electron chi connectivity index (χ1n) is 9.39. The topological polar surface area (TPSA) is 43.8 Å². The molecular formula is C22H30N2O3. The van der Waals surface area contributed by atoms with Gasteiger partial charge in [0.25, 0.3) is 0 Å². The normalized spacial score (nSPS) is 11.1. The van der Waals surface area contributed by atoms with Crippen molar-refractivity contribution in [3.8, 4) is 5.88 Å². The summed E-state index contributed by atoms with van der Waals surface area (Å²) in [6.07, 6.45) is 6.95. The summed E-state index contributed by atoms with van der Waals surface area (Å²) < 4.78 is 16.4. The number of pyridine rings is 1. The SMILES string of the molecule is CCCOCCOCCOc1ccc(/C=C/c2ccc(N(C)C)cc2)cn1. The van der Waals surface area contributed by atoms with Crippen molar-refractivity contribution in [1.29, 1.82) is 0 Å². The van der Waals surface area contributed by atoms with Crippen LogP contribution in [0.15, 0.2) is 42.6 Å². The van der Waals surface area contributed by atoms with Crippen molar-refractivity contribution in [1.82, 2.24) is 4.98 Å². The molecule has 0 saturated carbocycles. The van der Waals surface area contributed by atoms with Gasteiger partial charge < -0.3 is 19.1 Å². The summed E-state index contributed by atoms with van der Waals surface area (Å²) in [4.78, 5) is 6.41. The van der Waals surface area contributed by atoms with Gasteiger partial charge in [-0.3, -0.25) is 0 Å². The van der Waals surface area contributed by atoms with Gasteiger partial charge in [0.1, 0.15) is 6.61 Å². The molecule has 0 unspecified atom stereocenters. The number of aromatic nitrogens is 1. The molecule has 0 aliphatic rings. The molecule has 0 spiro atoms. The molecule has 0 amide bonds. The Morgan fingerprint density at radius 1 is 0.815 bits per heavy atom. The summed E-state index contributed by atoms with van der Waals surface area (Å²) in [5.74, 6) is 0.605. The minimum Gasteiger partial charge on any atom is -0.475 e. The lowest BCUT2D eigenvalue weighted by Gasteiger charge is -2.11. The summed E-state index contributed by atoms with van der Waals surface area (Å²) >= 11 is 0. The number of rotatable bonds is 12. The Balaban J connectivity index is 1.70. The van der Waals surface area contributed by atoms with E-state index in [9.17, 15) is 0 Å². The molecule has 0 aliphatic heterocycles. The first kappa shape index (κ1) is 20.9. The van der Waals surface area contributed by atoms with E-state index in [1.165, 1.54) is 5.69 Å². The van der Waals surface area contributed by atoms with Crippen LogP contribution < -0.4 is 9.64 Å². The van der Waals surface area contributed by atoms with Gasteiger partial charge in [-0.1, -0.05) is 31.2 Å². The van der Waals surface area contributed by atoms with Crippen LogP contribution in [0.1, 0.15) is 24.5 Å². The van der Waals surface area contributed by atoms with E-state index < -0.39 is 0 Å². The lowest BCUT2D eigenvalue weighted by molar-refractivity contribution is 0.0361. The summed E-state index contributed by atoms with van der Waals surface area (Å²) in [5, 5.41) is 0. The fourth-order valence-corrected chi connectivity index (χ4v) is 2.32. The number of ether oxygens (including phenoxy) is 3. The second-order valence-electron chi connectivity index (χ2n) is 6.32. The van der Waals surface area contributed by atoms with E-state index in [-0.39, 0.29) is 0 Å². The van der Waals surface area contributed by atoms with Crippen LogP contribution in [0.4, 0.5) is 5.69 Å². The van der Waals surface area contributed by atoms with Crippen LogP contribution in [0, 0.1) is 0 Å². The lowest BCUT2D eigenvalue weighted by Crippen LogP contribution is -2.11. The molecule has 0 bridgehead atoms. The molecule has 0 fully saturated rings. The average molecular weight is 370 g/mol. The van der Waals surface area contributed by atoms with Crippen LogP contribution in [0.25, 0.3) is 12.2 Å². The second kappa shape index (κ2) is 12.1. The highest BCUT2D eigenvalue weighted by Gasteiger charge is 1.97. The number of hydrogen-bond donors (Lipinski definition) is 0. The number of hydrogen-bond acceptors (Lipinski definition) is 5. The van der Waals surface area contributed by atoms with Gasteiger partial charge in [-0.05, 0) is 35.7 Å². The van der Waals surface area contributed by atoms with E-state index >= 15 is 0 Å². The average Bonchev–Trinajstić information content (AvgIpc) is 2.69. The van der Waals surface area contributed by atoms with Crippen molar-refractivity contribution in [2.24, 2.45) is 0 Å². The molecule has 1 aromatic heterocycles. The van der Waals surface area contributed by atoms with E-state index in [2.05, 4.69) is 47.1 Å². The smallest absolute Gasteiger partial charge is 0.213 e. The minimum absolute atomic E-state index is 0.480. The molecule has 0 saturated heterocycles. The van der Waals surface area contributed by atoms with Crippen LogP contribution in [-0.2, 0) is 9.47 Å². The second-order valence-corrected chi connectivity index (χ2v) is 6.32. The molecule has 0 N–H and O–H groups in total. The predicted octanol–water partition coefficient (Wildman–Crippen LogP) is 4.14. The zero-order chi connectivity index (χ0) is 19.3. The van der Waals surface area contributed by atoms with Crippen LogP contribution in [0.3, 0.4) is 0 Å². The van der Waals surface area contributed by atoms with E-state index in [1.54, 1.807) is 6.20 Å². The summed E-state index contributed by atoms with van der Waals surface area (Å²) in [6, 6.07) is 12.3. The number of benzene rings is 1. The molecule has 2 aromatic rings. The standard InChI is InChI=1S/C22H30N2O3/c1-4-13-25-14-15-26-16-17-27-22-12-9-20(18-23-22)6-5-19-7-10-21(11-8-19)24(2)3/h5-12,18H,4,13-17H2,1-3H3/b6-5+. The highest BCUT2D eigenvalue weighted by Crippen LogP contribution is 2.15. The molecule has 1 aromatic carbocycles. The fourth-order valence-electron chi connectivity index (χ4n) is 2.32. The van der Waals surface area contributed by atoms with Gasteiger partial charge in [-0.15, -0.1) is 0 Å². The molecular weight excluding hydrogens is 340 g/mol. The fraction of sp³-hybridized carbons (Fsp3) is 0.409. The van der Waals surface area contributed by atoms with Gasteiger partial charge in [0.2, 0.25) is 5.88 Å². The molecule has 0 aliphatic carbocycles. The Bertz CT molecular complexity index is 667. The Hall–Kier alpha value is -2.37. The van der Waals surface area contributed by atoms with Gasteiger partial charge in [0.05, 0.1) is 19.8 Å². The monoisotopic (exact) mass is 370 g/mol. The van der Waals surface area contributed by atoms with Crippen LogP contribution in [-0.4, -0.2) is 52.1 Å². The summed E-state index contributed by atoms with van der Waals surface area (Å²) in [6.45, 7) is 5.11. The molecule has 0 atom stereocenters. The van der Waals surface area contributed by atoms with Gasteiger partial charge >= 0.3 is 0 Å². The zero-order valence-electron chi connectivity index (χ0n) is 16.6. The largest absolute Gasteiger partial charge is 0.475 e. The zero-order valence-corrected chi connectivity index (χ0v) is 16.6. The highest BCUT2D eigenvalue weighted by atomic mass is 16.5. The Morgan fingerprint density at radius 3 is 2.07 bits per heavy atom. The number of nitrogens with zero attached hydrogens (tertiary/aromatic N) is 2. The first-order chi connectivity index (χ1) is 13.2. The number of anilines is 1. The quantitative estimate of drug-likeness (QED) is 0.525. The van der Waals surface area contributed by atoms with Crippen LogP contribution in [0.5, 0.6) is 5.88 Å². The van der Waals surface area contributed by atoms with Crippen molar-refractivity contribution in [3.63, 3.8) is 0 Å². The van der Waals surface area contributed by atoms with Crippen LogP contribution >= 0.6 is 0 Å². The van der Waals surface area contributed by atoms with Crippen molar-refractivity contribution < 1.29 is 14.2 Å². The van der Waals surface area contributed by atoms with Gasteiger partial charge in [-0.2, -0.15) is 0 Å². The molecule has 2 rings (SSSR count). The van der Waals surface area contributed by atoms with E-state index in [1.807, 2.05) is 32.3 Å². The predicted molar refractivity (Wildman–Crippen MR) is 111 cm³/mol. The van der Waals surface area contributed by atoms with Gasteiger partial charge in [0, 0.05) is 38.7 Å². The Morgan fingerprint density at radius 2 is 1.44 bits per heavy atom. The Kier molecular flexibility index (Phi) is 9.38. The van der Waals surface area contributed by atoms with Crippen molar-refractivity contribution in [2.75, 3.05) is 52.0 Å². The van der Waals surface area contributed by atoms with Crippen molar-refractivity contribution in [2.45, 2.75) is 13.3 Å². The maximum Gasteiger partial charge on any atom is 0.213 e. The van der Waals surface area contributed by atoms with Crippen molar-refractivity contribution in [3.05, 3.63) is 53.7 Å². The van der Waals surface area contributed by atoms with Gasteiger partial charge in [-0.25, -0.2) is 4.98 Å². The first-order valence-corrected chi connectivity index (χ1v) is 9.39. The van der Waals surface area contributed by atoms with E-state index in [4.69, 9.17) is 14.2 Å². The molecule has 5 heteroatoms. The molecule has 27 heavy (non-hydrogen) atoms. The molecule has 0 radical (unpaired) electrons. The third-order valence-electron chi connectivity index (χ3n) is 3.84. The van der Waals surface area contributed by atoms with E-state index in [0.29, 0.717) is 32.3 Å². The maximum absolute atomic E-state index is 5.58. The third-order valence-corrected chi connectivity index (χ3v) is 3.84. The lowest BCUT2D eigenvalue weighted by atomic mass is 10.1.